The number of methoxy groups -OCH3 is 1. The average Bonchev–Trinajstić information content (AvgIpc) is 2.43. The highest BCUT2D eigenvalue weighted by Crippen LogP contribution is 2.14. The molecule has 0 aliphatic heterocycles. The zero-order valence-electron chi connectivity index (χ0n) is 14.0. The van der Waals surface area contributed by atoms with Gasteiger partial charge >= 0.3 is 5.97 Å². The van der Waals surface area contributed by atoms with Crippen LogP contribution in [0.3, 0.4) is 0 Å². The van der Waals surface area contributed by atoms with Crippen LogP contribution in [0.25, 0.3) is 0 Å². The molecule has 0 aliphatic rings. The highest BCUT2D eigenvalue weighted by Gasteiger charge is 2.33. The van der Waals surface area contributed by atoms with Crippen LogP contribution in [-0.4, -0.2) is 37.9 Å². The third-order valence-corrected chi connectivity index (χ3v) is 3.67. The van der Waals surface area contributed by atoms with Gasteiger partial charge in [0.2, 0.25) is 0 Å². The van der Waals surface area contributed by atoms with E-state index < -0.39 is 5.54 Å². The van der Waals surface area contributed by atoms with Gasteiger partial charge in [0.25, 0.3) is 0 Å². The third kappa shape index (κ3) is 7.85. The second kappa shape index (κ2) is 11.1. The van der Waals surface area contributed by atoms with Crippen molar-refractivity contribution in [1.82, 2.24) is 5.32 Å². The Morgan fingerprint density at radius 1 is 1.25 bits per heavy atom. The summed E-state index contributed by atoms with van der Waals surface area (Å²) in [5, 5.41) is 3.19. The minimum absolute atomic E-state index is 0.224. The number of esters is 1. The Morgan fingerprint density at radius 3 is 2.50 bits per heavy atom. The van der Waals surface area contributed by atoms with Gasteiger partial charge in [0.05, 0.1) is 13.2 Å². The lowest BCUT2D eigenvalue weighted by atomic mass is 9.98. The molecule has 0 amide bonds. The molecule has 4 heteroatoms. The molecule has 120 valence electrons. The fourth-order valence-corrected chi connectivity index (χ4v) is 2.28. The van der Waals surface area contributed by atoms with Crippen molar-refractivity contribution in [3.63, 3.8) is 0 Å². The molecule has 2 unspecified atom stereocenters. The number of hydrogen-bond donors (Lipinski definition) is 1. The monoisotopic (exact) mass is 287 g/mol. The van der Waals surface area contributed by atoms with Crippen LogP contribution < -0.4 is 5.32 Å². The summed E-state index contributed by atoms with van der Waals surface area (Å²) in [5.41, 5.74) is -0.647. The molecule has 0 aliphatic carbocycles. The van der Waals surface area contributed by atoms with Gasteiger partial charge in [-0.25, -0.2) is 0 Å². The lowest BCUT2D eigenvalue weighted by molar-refractivity contribution is -0.149. The first-order valence-electron chi connectivity index (χ1n) is 7.95. The molecule has 0 aromatic carbocycles. The molecular formula is C16H33NO3. The van der Waals surface area contributed by atoms with E-state index in [-0.39, 0.29) is 12.1 Å². The Balaban J connectivity index is 3.96. The summed E-state index contributed by atoms with van der Waals surface area (Å²) in [6, 6.07) is 0. The number of hydrogen-bond acceptors (Lipinski definition) is 4. The Bertz CT molecular complexity index is 258. The van der Waals surface area contributed by atoms with Crippen molar-refractivity contribution < 1.29 is 14.3 Å². The Morgan fingerprint density at radius 2 is 1.95 bits per heavy atom. The largest absolute Gasteiger partial charge is 0.468 e. The smallest absolute Gasteiger partial charge is 0.325 e. The maximum absolute atomic E-state index is 11.8. The summed E-state index contributed by atoms with van der Waals surface area (Å²) >= 11 is 0. The van der Waals surface area contributed by atoms with Crippen molar-refractivity contribution in [2.24, 2.45) is 0 Å². The second-order valence-corrected chi connectivity index (χ2v) is 5.63. The van der Waals surface area contributed by atoms with Gasteiger partial charge in [0.15, 0.2) is 0 Å². The quantitative estimate of drug-likeness (QED) is 0.442. The van der Waals surface area contributed by atoms with Crippen molar-refractivity contribution in [3.05, 3.63) is 0 Å². The summed E-state index contributed by atoms with van der Waals surface area (Å²) in [4.78, 5) is 11.8. The lowest BCUT2D eigenvalue weighted by Crippen LogP contribution is -2.51. The van der Waals surface area contributed by atoms with Gasteiger partial charge in [-0.2, -0.15) is 0 Å². The van der Waals surface area contributed by atoms with Crippen molar-refractivity contribution in [2.75, 3.05) is 20.3 Å². The van der Waals surface area contributed by atoms with Crippen molar-refractivity contribution in [2.45, 2.75) is 77.9 Å². The number of likely N-dealkylation sites (N-methyl/N-ethyl adjacent to an activating group) is 1. The highest BCUT2D eigenvalue weighted by atomic mass is 16.5. The Labute approximate surface area is 124 Å². The predicted molar refractivity (Wildman–Crippen MR) is 82.9 cm³/mol. The molecule has 0 rings (SSSR count). The van der Waals surface area contributed by atoms with Crippen molar-refractivity contribution >= 4 is 5.97 Å². The predicted octanol–water partition coefficient (Wildman–Crippen LogP) is 3.29. The molecule has 0 aromatic heterocycles. The van der Waals surface area contributed by atoms with Gasteiger partial charge in [-0.3, -0.25) is 4.79 Å². The zero-order valence-corrected chi connectivity index (χ0v) is 14.0. The van der Waals surface area contributed by atoms with Gasteiger partial charge in [-0.15, -0.1) is 0 Å². The molecule has 0 radical (unpaired) electrons. The van der Waals surface area contributed by atoms with E-state index in [1.54, 1.807) is 0 Å². The van der Waals surface area contributed by atoms with Gasteiger partial charge in [-0.1, -0.05) is 39.5 Å². The van der Waals surface area contributed by atoms with Crippen LogP contribution in [0, 0.1) is 0 Å². The number of ether oxygens (including phenoxy) is 2. The zero-order chi connectivity index (χ0) is 15.4. The van der Waals surface area contributed by atoms with Gasteiger partial charge in [0, 0.05) is 6.61 Å². The lowest BCUT2D eigenvalue weighted by Gasteiger charge is -2.28. The maximum atomic E-state index is 11.8. The summed E-state index contributed by atoms with van der Waals surface area (Å²) in [6.45, 7) is 9.49. The maximum Gasteiger partial charge on any atom is 0.325 e. The Hall–Kier alpha value is -0.610. The number of nitrogens with one attached hydrogen (secondary N) is 1. The first kappa shape index (κ1) is 19.4. The summed E-state index contributed by atoms with van der Waals surface area (Å²) < 4.78 is 10.7. The molecule has 0 saturated carbocycles. The van der Waals surface area contributed by atoms with Gasteiger partial charge in [-0.05, 0) is 33.2 Å². The van der Waals surface area contributed by atoms with E-state index in [4.69, 9.17) is 9.47 Å². The van der Waals surface area contributed by atoms with E-state index in [1.807, 2.05) is 13.8 Å². The molecule has 0 fully saturated rings. The topological polar surface area (TPSA) is 47.6 Å². The van der Waals surface area contributed by atoms with E-state index in [9.17, 15) is 4.79 Å². The summed E-state index contributed by atoms with van der Waals surface area (Å²) in [7, 11) is 1.43. The number of rotatable bonds is 12. The van der Waals surface area contributed by atoms with Crippen LogP contribution in [-0.2, 0) is 14.3 Å². The standard InChI is InChI=1S/C16H33NO3/c1-6-8-9-10-11-14(3)20-13-12-16(4,17-7-2)15(18)19-5/h14,17H,6-13H2,1-5H3. The molecule has 4 nitrogen and oxygen atoms in total. The van der Waals surface area contributed by atoms with Crippen LogP contribution in [0.1, 0.15) is 66.2 Å². The number of unbranched alkanes of at least 4 members (excludes halogenated alkanes) is 3. The summed E-state index contributed by atoms with van der Waals surface area (Å²) in [5.74, 6) is -0.224. The van der Waals surface area contributed by atoms with E-state index in [1.165, 1.54) is 32.8 Å². The minimum Gasteiger partial charge on any atom is -0.468 e. The van der Waals surface area contributed by atoms with E-state index in [0.717, 1.165) is 13.0 Å². The van der Waals surface area contributed by atoms with Crippen LogP contribution >= 0.6 is 0 Å². The molecule has 0 bridgehead atoms. The first-order chi connectivity index (χ1) is 9.50. The van der Waals surface area contributed by atoms with E-state index in [2.05, 4.69) is 19.2 Å². The first-order valence-corrected chi connectivity index (χ1v) is 7.95. The Kier molecular flexibility index (Phi) is 10.8. The molecule has 20 heavy (non-hydrogen) atoms. The van der Waals surface area contributed by atoms with Crippen LogP contribution in [0.15, 0.2) is 0 Å². The number of carbonyl (C=O) groups excluding carboxylic acids is 1. The molecule has 2 atom stereocenters. The van der Waals surface area contributed by atoms with Gasteiger partial charge < -0.3 is 14.8 Å². The fraction of sp³-hybridized carbons (Fsp3) is 0.938. The molecule has 0 heterocycles. The van der Waals surface area contributed by atoms with Crippen LogP contribution in [0.2, 0.25) is 0 Å². The van der Waals surface area contributed by atoms with E-state index >= 15 is 0 Å². The second-order valence-electron chi connectivity index (χ2n) is 5.63. The molecule has 0 aromatic rings. The normalized spacial score (nSPS) is 15.7. The van der Waals surface area contributed by atoms with E-state index in [0.29, 0.717) is 13.0 Å². The molecule has 1 N–H and O–H groups in total. The molecular weight excluding hydrogens is 254 g/mol. The summed E-state index contributed by atoms with van der Waals surface area (Å²) in [6.07, 6.45) is 7.04. The SMILES string of the molecule is CCCCCCC(C)OCCC(C)(NCC)C(=O)OC. The minimum atomic E-state index is -0.647. The van der Waals surface area contributed by atoms with Crippen molar-refractivity contribution in [1.29, 1.82) is 0 Å². The molecule has 0 saturated heterocycles. The van der Waals surface area contributed by atoms with Gasteiger partial charge in [0.1, 0.15) is 5.54 Å². The third-order valence-electron chi connectivity index (χ3n) is 3.67. The molecule has 0 spiro atoms. The highest BCUT2D eigenvalue weighted by molar-refractivity contribution is 5.80. The fourth-order valence-electron chi connectivity index (χ4n) is 2.28. The van der Waals surface area contributed by atoms with Crippen LogP contribution in [0.4, 0.5) is 0 Å². The average molecular weight is 287 g/mol. The number of carbonyl (C=O) groups is 1. The van der Waals surface area contributed by atoms with Crippen LogP contribution in [0.5, 0.6) is 0 Å². The van der Waals surface area contributed by atoms with Crippen molar-refractivity contribution in [3.8, 4) is 0 Å².